The summed E-state index contributed by atoms with van der Waals surface area (Å²) in [6, 6.07) is 5.93. The molecule has 5 rings (SSSR count). The van der Waals surface area contributed by atoms with Crippen LogP contribution in [0.3, 0.4) is 0 Å². The predicted octanol–water partition coefficient (Wildman–Crippen LogP) is 4.79. The highest BCUT2D eigenvalue weighted by molar-refractivity contribution is 7.21. The van der Waals surface area contributed by atoms with Crippen LogP contribution in [-0.2, 0) is 4.79 Å². The number of aryl methyl sites for hydroxylation is 1. The van der Waals surface area contributed by atoms with Gasteiger partial charge in [0.05, 0.1) is 25.5 Å². The second-order valence-corrected chi connectivity index (χ2v) is 9.93. The number of nitrogens with one attached hydrogen (secondary N) is 2. The largest absolute Gasteiger partial charge is 0.483 e. The van der Waals surface area contributed by atoms with Crippen molar-refractivity contribution in [3.05, 3.63) is 39.5 Å². The van der Waals surface area contributed by atoms with E-state index < -0.39 is 0 Å². The highest BCUT2D eigenvalue weighted by Crippen LogP contribution is 2.38. The molecular weight excluding hydrogens is 426 g/mol. The molecule has 148 valence electrons. The first-order chi connectivity index (χ1) is 14.1. The quantitative estimate of drug-likeness (QED) is 0.449. The Labute approximate surface area is 178 Å². The Morgan fingerprint density at radius 2 is 2.07 bits per heavy atom. The monoisotopic (exact) mass is 443 g/mol. The average Bonchev–Trinajstić information content (AvgIpc) is 3.09. The number of fused-ring (bicyclic) bond motifs is 3. The summed E-state index contributed by atoms with van der Waals surface area (Å²) in [6.07, 6.45) is 2.04. The fraction of sp³-hybridized carbons (Fsp3) is 0.250. The van der Waals surface area contributed by atoms with Gasteiger partial charge in [0.15, 0.2) is 6.61 Å². The Morgan fingerprint density at radius 1 is 1.24 bits per heavy atom. The van der Waals surface area contributed by atoms with Gasteiger partial charge in [-0.15, -0.1) is 34.0 Å². The van der Waals surface area contributed by atoms with E-state index in [1.54, 1.807) is 34.1 Å². The first-order valence-corrected chi connectivity index (χ1v) is 11.7. The van der Waals surface area contributed by atoms with Gasteiger partial charge in [-0.1, -0.05) is 0 Å². The van der Waals surface area contributed by atoms with Gasteiger partial charge in [-0.2, -0.15) is 0 Å². The van der Waals surface area contributed by atoms with Crippen molar-refractivity contribution in [1.82, 2.24) is 10.3 Å². The minimum Gasteiger partial charge on any atom is -0.483 e. The molecule has 29 heavy (non-hydrogen) atoms. The number of aromatic nitrogens is 1. The lowest BCUT2D eigenvalue weighted by Crippen LogP contribution is -2.27. The van der Waals surface area contributed by atoms with Crippen LogP contribution in [0.1, 0.15) is 28.2 Å². The van der Waals surface area contributed by atoms with Crippen molar-refractivity contribution < 1.29 is 14.3 Å². The number of benzene rings is 1. The number of hydrogen-bond donors (Lipinski definition) is 2. The van der Waals surface area contributed by atoms with Crippen molar-refractivity contribution in [2.24, 2.45) is 0 Å². The third kappa shape index (κ3) is 3.73. The molecule has 1 aromatic carbocycles. The molecule has 9 heteroatoms. The van der Waals surface area contributed by atoms with E-state index in [1.807, 2.05) is 24.4 Å². The van der Waals surface area contributed by atoms with E-state index >= 15 is 0 Å². The molecule has 1 aliphatic carbocycles. The minimum atomic E-state index is -0.295. The van der Waals surface area contributed by atoms with Gasteiger partial charge in [-0.3, -0.25) is 9.59 Å². The molecule has 3 aromatic heterocycles. The van der Waals surface area contributed by atoms with E-state index in [4.69, 9.17) is 4.74 Å². The van der Waals surface area contributed by atoms with E-state index in [0.29, 0.717) is 16.3 Å². The van der Waals surface area contributed by atoms with E-state index in [1.165, 1.54) is 11.3 Å². The van der Waals surface area contributed by atoms with E-state index in [0.717, 1.165) is 38.2 Å². The molecule has 1 fully saturated rings. The Hall–Kier alpha value is -2.49. The number of rotatable bonds is 6. The van der Waals surface area contributed by atoms with Gasteiger partial charge in [-0.05, 0) is 42.7 Å². The average molecular weight is 444 g/mol. The van der Waals surface area contributed by atoms with Crippen LogP contribution in [-0.4, -0.2) is 29.4 Å². The van der Waals surface area contributed by atoms with E-state index in [9.17, 15) is 9.59 Å². The number of anilines is 1. The second-order valence-electron chi connectivity index (χ2n) is 6.87. The summed E-state index contributed by atoms with van der Waals surface area (Å²) >= 11 is 4.56. The van der Waals surface area contributed by atoms with Crippen molar-refractivity contribution in [2.75, 3.05) is 11.9 Å². The molecule has 4 aromatic rings. The maximum atomic E-state index is 12.5. The van der Waals surface area contributed by atoms with Gasteiger partial charge in [0.1, 0.15) is 10.8 Å². The first-order valence-electron chi connectivity index (χ1n) is 9.17. The lowest BCUT2D eigenvalue weighted by molar-refractivity contribution is -0.118. The second kappa shape index (κ2) is 7.40. The summed E-state index contributed by atoms with van der Waals surface area (Å²) in [5, 5.41) is 12.1. The van der Waals surface area contributed by atoms with Gasteiger partial charge < -0.3 is 15.4 Å². The molecule has 0 bridgehead atoms. The molecule has 2 N–H and O–H groups in total. The first kappa shape index (κ1) is 18.5. The molecule has 1 aliphatic rings. The maximum absolute atomic E-state index is 12.5. The number of carbonyl (C=O) groups is 2. The summed E-state index contributed by atoms with van der Waals surface area (Å²) in [5.74, 6) is 0.235. The third-order valence-electron chi connectivity index (χ3n) is 4.60. The molecule has 0 saturated heterocycles. The number of carbonyl (C=O) groups excluding carboxylic acids is 2. The number of thiazole rings is 1. The topological polar surface area (TPSA) is 80.3 Å². The van der Waals surface area contributed by atoms with Crippen LogP contribution in [0.5, 0.6) is 5.75 Å². The fourth-order valence-electron chi connectivity index (χ4n) is 3.09. The van der Waals surface area contributed by atoms with Crippen molar-refractivity contribution in [3.8, 4) is 5.75 Å². The highest BCUT2D eigenvalue weighted by atomic mass is 32.1. The van der Waals surface area contributed by atoms with Crippen LogP contribution in [0.2, 0.25) is 0 Å². The highest BCUT2D eigenvalue weighted by Gasteiger charge is 2.25. The molecule has 3 heterocycles. The van der Waals surface area contributed by atoms with Crippen molar-refractivity contribution in [1.29, 1.82) is 0 Å². The van der Waals surface area contributed by atoms with E-state index in [2.05, 4.69) is 15.6 Å². The van der Waals surface area contributed by atoms with Gasteiger partial charge in [0, 0.05) is 17.5 Å². The van der Waals surface area contributed by atoms with Crippen LogP contribution in [0.15, 0.2) is 29.0 Å². The van der Waals surface area contributed by atoms with Crippen LogP contribution < -0.4 is 15.4 Å². The van der Waals surface area contributed by atoms with Crippen LogP contribution in [0.4, 0.5) is 5.00 Å². The Balaban J connectivity index is 1.30. The molecule has 2 amide bonds. The smallest absolute Gasteiger partial charge is 0.262 e. The number of thiophene rings is 2. The zero-order valence-electron chi connectivity index (χ0n) is 15.5. The number of nitrogens with zero attached hydrogens (tertiary/aromatic N) is 1. The molecule has 6 nitrogen and oxygen atoms in total. The zero-order valence-corrected chi connectivity index (χ0v) is 17.9. The fourth-order valence-corrected chi connectivity index (χ4v) is 5.72. The van der Waals surface area contributed by atoms with E-state index in [-0.39, 0.29) is 24.5 Å². The zero-order chi connectivity index (χ0) is 20.0. The summed E-state index contributed by atoms with van der Waals surface area (Å²) in [6.45, 7) is 1.85. The maximum Gasteiger partial charge on any atom is 0.262 e. The molecule has 1 saturated carbocycles. The normalized spacial score (nSPS) is 13.7. The summed E-state index contributed by atoms with van der Waals surface area (Å²) in [7, 11) is 0. The summed E-state index contributed by atoms with van der Waals surface area (Å²) < 4.78 is 7.97. The van der Waals surface area contributed by atoms with Gasteiger partial charge in [0.2, 0.25) is 0 Å². The van der Waals surface area contributed by atoms with Crippen molar-refractivity contribution in [3.63, 3.8) is 0 Å². The molecule has 0 spiro atoms. The molecule has 0 radical (unpaired) electrons. The van der Waals surface area contributed by atoms with Crippen LogP contribution >= 0.6 is 34.0 Å². The van der Waals surface area contributed by atoms with Gasteiger partial charge in [-0.25, -0.2) is 4.98 Å². The van der Waals surface area contributed by atoms with Crippen molar-refractivity contribution in [2.45, 2.75) is 25.8 Å². The lowest BCUT2D eigenvalue weighted by Gasteiger charge is -2.09. The van der Waals surface area contributed by atoms with Gasteiger partial charge >= 0.3 is 0 Å². The third-order valence-corrected chi connectivity index (χ3v) is 7.27. The summed E-state index contributed by atoms with van der Waals surface area (Å²) in [4.78, 5) is 29.4. The summed E-state index contributed by atoms with van der Waals surface area (Å²) in [5.41, 5.74) is 1.48. The number of hydrogen-bond acceptors (Lipinski definition) is 7. The molecule has 0 atom stereocenters. The Morgan fingerprint density at radius 3 is 2.90 bits per heavy atom. The lowest BCUT2D eigenvalue weighted by atomic mass is 10.2. The predicted molar refractivity (Wildman–Crippen MR) is 119 cm³/mol. The van der Waals surface area contributed by atoms with Crippen LogP contribution in [0, 0.1) is 6.92 Å². The molecule has 0 unspecified atom stereocenters. The van der Waals surface area contributed by atoms with Crippen LogP contribution in [0.25, 0.3) is 20.3 Å². The standard InChI is InChI=1S/C20H17N3O3S3/c1-10-21-17-15(29-10)8-14(12-4-6-27-18(12)17)26-9-16(24)23-20-13(5-7-28-20)19(25)22-11-2-3-11/h4-8,11H,2-3,9H2,1H3,(H,22,25)(H,23,24). The number of ether oxygens (including phenoxy) is 1. The SMILES string of the molecule is Cc1nc2c(cc(OCC(=O)Nc3sccc3C(=O)NC3CC3)c3ccsc32)s1. The minimum absolute atomic E-state index is 0.129. The molecular formula is C20H17N3O3S3. The van der Waals surface area contributed by atoms with Gasteiger partial charge in [0.25, 0.3) is 11.8 Å². The Bertz CT molecular complexity index is 1240. The Kier molecular flexibility index (Phi) is 4.73. The molecule has 0 aliphatic heterocycles. The number of amides is 2. The van der Waals surface area contributed by atoms with Crippen molar-refractivity contribution >= 4 is 71.1 Å².